The van der Waals surface area contributed by atoms with E-state index in [0.717, 1.165) is 10.8 Å². The molecule has 2 aromatic carbocycles. The number of fused-ring (bicyclic) bond motifs is 1. The summed E-state index contributed by atoms with van der Waals surface area (Å²) in [4.78, 5) is 0. The summed E-state index contributed by atoms with van der Waals surface area (Å²) in [5.74, 6) is 0.208. The van der Waals surface area contributed by atoms with Crippen molar-refractivity contribution in [2.45, 2.75) is 12.2 Å². The normalized spacial score (nSPS) is 14.8. The van der Waals surface area contributed by atoms with Gasteiger partial charge in [-0.25, -0.2) is 0 Å². The molecule has 3 nitrogen and oxygen atoms in total. The number of nitrogen functional groups attached to an aromatic ring is 1. The van der Waals surface area contributed by atoms with Gasteiger partial charge in [0.25, 0.3) is 0 Å². The second-order valence-electron chi connectivity index (χ2n) is 3.98. The number of nitrogens with two attached hydrogens (primary N) is 1. The molecule has 4 N–H and O–H groups in total. The van der Waals surface area contributed by atoms with Crippen LogP contribution in [0.3, 0.4) is 0 Å². The van der Waals surface area contributed by atoms with Gasteiger partial charge in [-0.2, -0.15) is 12.6 Å². The van der Waals surface area contributed by atoms with Crippen molar-refractivity contribution in [1.29, 1.82) is 0 Å². The Balaban J connectivity index is 2.58. The van der Waals surface area contributed by atoms with E-state index in [9.17, 15) is 10.2 Å². The molecule has 0 aromatic heterocycles. The molecule has 0 fully saturated rings. The zero-order valence-corrected chi connectivity index (χ0v) is 10.1. The molecule has 0 aliphatic rings. The molecular weight excluding hydrogens is 234 g/mol. The first kappa shape index (κ1) is 12.2. The summed E-state index contributed by atoms with van der Waals surface area (Å²) >= 11 is 3.98. The molecular formula is C13H15NO2S. The maximum atomic E-state index is 10.0. The van der Waals surface area contributed by atoms with E-state index < -0.39 is 12.2 Å². The topological polar surface area (TPSA) is 66.5 Å². The van der Waals surface area contributed by atoms with E-state index in [-0.39, 0.29) is 5.75 Å². The van der Waals surface area contributed by atoms with Crippen molar-refractivity contribution in [3.05, 3.63) is 42.0 Å². The molecule has 0 amide bonds. The summed E-state index contributed by atoms with van der Waals surface area (Å²) in [6.45, 7) is 0. The monoisotopic (exact) mass is 249 g/mol. The van der Waals surface area contributed by atoms with Crippen LogP contribution in [0.25, 0.3) is 10.8 Å². The Kier molecular flexibility index (Phi) is 3.57. The third-order valence-corrected chi connectivity index (χ3v) is 3.23. The summed E-state index contributed by atoms with van der Waals surface area (Å²) in [6.07, 6.45) is -1.83. The molecule has 0 aliphatic heterocycles. The van der Waals surface area contributed by atoms with Gasteiger partial charge >= 0.3 is 0 Å². The standard InChI is InChI=1S/C13H15NO2S/c14-11-6-2-3-8-9(11)4-1-5-10(8)13(16)12(15)7-17/h1-6,12-13,15-17H,7,14H2. The van der Waals surface area contributed by atoms with Crippen LogP contribution >= 0.6 is 12.6 Å². The molecule has 0 saturated carbocycles. The van der Waals surface area contributed by atoms with Gasteiger partial charge in [0.15, 0.2) is 0 Å². The van der Waals surface area contributed by atoms with Crippen LogP contribution < -0.4 is 5.73 Å². The zero-order valence-electron chi connectivity index (χ0n) is 9.24. The van der Waals surface area contributed by atoms with Crippen molar-refractivity contribution >= 4 is 29.1 Å². The predicted molar refractivity (Wildman–Crippen MR) is 73.2 cm³/mol. The summed E-state index contributed by atoms with van der Waals surface area (Å²) in [6, 6.07) is 11.0. The van der Waals surface area contributed by atoms with Gasteiger partial charge in [0.2, 0.25) is 0 Å². The first-order valence-electron chi connectivity index (χ1n) is 5.39. The highest BCUT2D eigenvalue weighted by Crippen LogP contribution is 2.29. The van der Waals surface area contributed by atoms with Crippen molar-refractivity contribution in [2.24, 2.45) is 0 Å². The van der Waals surface area contributed by atoms with E-state index in [1.807, 2.05) is 30.3 Å². The van der Waals surface area contributed by atoms with Crippen LogP contribution in [0, 0.1) is 0 Å². The second kappa shape index (κ2) is 4.96. The second-order valence-corrected chi connectivity index (χ2v) is 4.35. The first-order valence-corrected chi connectivity index (χ1v) is 6.02. The van der Waals surface area contributed by atoms with Gasteiger partial charge in [0, 0.05) is 16.8 Å². The number of hydrogen-bond donors (Lipinski definition) is 4. The van der Waals surface area contributed by atoms with Gasteiger partial charge in [-0.1, -0.05) is 30.3 Å². The Morgan fingerprint density at radius 3 is 2.41 bits per heavy atom. The van der Waals surface area contributed by atoms with E-state index in [1.54, 1.807) is 6.07 Å². The van der Waals surface area contributed by atoms with Gasteiger partial charge < -0.3 is 15.9 Å². The van der Waals surface area contributed by atoms with Crippen molar-refractivity contribution in [1.82, 2.24) is 0 Å². The molecule has 2 unspecified atom stereocenters. The summed E-state index contributed by atoms with van der Waals surface area (Å²) < 4.78 is 0. The molecule has 2 atom stereocenters. The molecule has 90 valence electrons. The third kappa shape index (κ3) is 2.24. The molecule has 2 rings (SSSR count). The van der Waals surface area contributed by atoms with Crippen LogP contribution in [-0.4, -0.2) is 22.1 Å². The lowest BCUT2D eigenvalue weighted by Gasteiger charge is -2.18. The van der Waals surface area contributed by atoms with Gasteiger partial charge in [0.1, 0.15) is 6.10 Å². The van der Waals surface area contributed by atoms with E-state index in [2.05, 4.69) is 12.6 Å². The smallest absolute Gasteiger partial charge is 0.106 e. The van der Waals surface area contributed by atoms with Crippen LogP contribution in [0.2, 0.25) is 0 Å². The number of anilines is 1. The number of hydrogen-bond acceptors (Lipinski definition) is 4. The maximum Gasteiger partial charge on any atom is 0.106 e. The molecule has 17 heavy (non-hydrogen) atoms. The molecule has 0 bridgehead atoms. The van der Waals surface area contributed by atoms with Gasteiger partial charge in [-0.3, -0.25) is 0 Å². The fourth-order valence-electron chi connectivity index (χ4n) is 1.92. The quantitative estimate of drug-likeness (QED) is 0.495. The van der Waals surface area contributed by atoms with E-state index in [0.29, 0.717) is 11.3 Å². The number of aliphatic hydroxyl groups is 2. The summed E-state index contributed by atoms with van der Waals surface area (Å²) in [7, 11) is 0. The average molecular weight is 249 g/mol. The van der Waals surface area contributed by atoms with Crippen LogP contribution in [-0.2, 0) is 0 Å². The van der Waals surface area contributed by atoms with Gasteiger partial charge in [0.05, 0.1) is 6.10 Å². The highest BCUT2D eigenvalue weighted by Gasteiger charge is 2.19. The largest absolute Gasteiger partial charge is 0.398 e. The lowest BCUT2D eigenvalue weighted by Crippen LogP contribution is -2.20. The fraction of sp³-hybridized carbons (Fsp3) is 0.231. The molecule has 0 spiro atoms. The fourth-order valence-corrected chi connectivity index (χ4v) is 2.12. The minimum atomic E-state index is -0.946. The lowest BCUT2D eigenvalue weighted by atomic mass is 9.97. The van der Waals surface area contributed by atoms with Crippen molar-refractivity contribution in [3.8, 4) is 0 Å². The minimum absolute atomic E-state index is 0.208. The Morgan fingerprint density at radius 2 is 1.71 bits per heavy atom. The number of aliphatic hydroxyl groups excluding tert-OH is 2. The van der Waals surface area contributed by atoms with Crippen molar-refractivity contribution in [2.75, 3.05) is 11.5 Å². The highest BCUT2D eigenvalue weighted by atomic mass is 32.1. The van der Waals surface area contributed by atoms with Crippen molar-refractivity contribution in [3.63, 3.8) is 0 Å². The summed E-state index contributed by atoms with van der Waals surface area (Å²) in [5.41, 5.74) is 7.22. The first-order chi connectivity index (χ1) is 8.15. The Hall–Kier alpha value is -1.23. The van der Waals surface area contributed by atoms with Crippen LogP contribution in [0.15, 0.2) is 36.4 Å². The molecule has 0 aliphatic carbocycles. The predicted octanol–water partition coefficient (Wildman–Crippen LogP) is 1.75. The Morgan fingerprint density at radius 1 is 1.06 bits per heavy atom. The zero-order chi connectivity index (χ0) is 12.4. The van der Waals surface area contributed by atoms with E-state index in [4.69, 9.17) is 5.73 Å². The van der Waals surface area contributed by atoms with Gasteiger partial charge in [-0.05, 0) is 17.0 Å². The number of thiol groups is 1. The van der Waals surface area contributed by atoms with E-state index in [1.165, 1.54) is 0 Å². The number of rotatable bonds is 3. The van der Waals surface area contributed by atoms with Gasteiger partial charge in [-0.15, -0.1) is 0 Å². The maximum absolute atomic E-state index is 10.0. The molecule has 0 saturated heterocycles. The minimum Gasteiger partial charge on any atom is -0.398 e. The summed E-state index contributed by atoms with van der Waals surface area (Å²) in [5, 5.41) is 21.4. The Labute approximate surface area is 105 Å². The Bertz CT molecular complexity index is 530. The molecule has 0 heterocycles. The molecule has 2 aromatic rings. The van der Waals surface area contributed by atoms with Crippen LogP contribution in [0.1, 0.15) is 11.7 Å². The third-order valence-electron chi connectivity index (χ3n) is 2.86. The lowest BCUT2D eigenvalue weighted by molar-refractivity contribution is 0.0347. The van der Waals surface area contributed by atoms with Crippen LogP contribution in [0.5, 0.6) is 0 Å². The van der Waals surface area contributed by atoms with Crippen molar-refractivity contribution < 1.29 is 10.2 Å². The van der Waals surface area contributed by atoms with E-state index >= 15 is 0 Å². The average Bonchev–Trinajstić information content (AvgIpc) is 2.37. The molecule has 0 radical (unpaired) electrons. The van der Waals surface area contributed by atoms with Crippen LogP contribution in [0.4, 0.5) is 5.69 Å². The SMILES string of the molecule is Nc1cccc2c(C(O)C(O)CS)cccc12. The highest BCUT2D eigenvalue weighted by molar-refractivity contribution is 7.80. The number of benzene rings is 2. The molecule has 4 heteroatoms.